The first kappa shape index (κ1) is 12.4. The lowest BCUT2D eigenvalue weighted by molar-refractivity contribution is 0.0750. The minimum Gasteiger partial charge on any atom is -0.330 e. The summed E-state index contributed by atoms with van der Waals surface area (Å²) in [6.45, 7) is 3.39. The van der Waals surface area contributed by atoms with Crippen molar-refractivity contribution in [1.29, 1.82) is 0 Å². The van der Waals surface area contributed by atoms with Crippen LogP contribution in [0.2, 0.25) is 0 Å². The molecule has 0 saturated carbocycles. The smallest absolute Gasteiger partial charge is 0.254 e. The first-order valence-corrected chi connectivity index (χ1v) is 7.07. The number of halogens is 1. The SMILES string of the molecule is Cc1c(Br)cccc1C(=O)N1Cc2ccccc2C1. The highest BCUT2D eigenvalue weighted by molar-refractivity contribution is 9.10. The Morgan fingerprint density at radius 1 is 1.05 bits per heavy atom. The van der Waals surface area contributed by atoms with Gasteiger partial charge in [-0.2, -0.15) is 0 Å². The van der Waals surface area contributed by atoms with Crippen molar-refractivity contribution in [3.63, 3.8) is 0 Å². The Balaban J connectivity index is 1.89. The second-order valence-electron chi connectivity index (χ2n) is 4.84. The lowest BCUT2D eigenvalue weighted by atomic mass is 10.1. The van der Waals surface area contributed by atoms with E-state index in [1.807, 2.05) is 42.2 Å². The van der Waals surface area contributed by atoms with Gasteiger partial charge in [0.05, 0.1) is 0 Å². The van der Waals surface area contributed by atoms with E-state index < -0.39 is 0 Å². The van der Waals surface area contributed by atoms with Gasteiger partial charge in [-0.3, -0.25) is 4.79 Å². The average Bonchev–Trinajstić information content (AvgIpc) is 2.85. The second kappa shape index (κ2) is 4.82. The van der Waals surface area contributed by atoms with Gasteiger partial charge in [0.1, 0.15) is 0 Å². The molecule has 0 saturated heterocycles. The molecule has 2 aromatic rings. The van der Waals surface area contributed by atoms with Crippen LogP contribution in [-0.4, -0.2) is 10.8 Å². The molecule has 0 aromatic heterocycles. The molecule has 2 nitrogen and oxygen atoms in total. The van der Waals surface area contributed by atoms with Gasteiger partial charge >= 0.3 is 0 Å². The minimum atomic E-state index is 0.106. The summed E-state index contributed by atoms with van der Waals surface area (Å²) >= 11 is 3.48. The van der Waals surface area contributed by atoms with Gasteiger partial charge in [0.15, 0.2) is 0 Å². The summed E-state index contributed by atoms with van der Waals surface area (Å²) in [5.41, 5.74) is 4.29. The van der Waals surface area contributed by atoms with Crippen molar-refractivity contribution < 1.29 is 4.79 Å². The maximum Gasteiger partial charge on any atom is 0.254 e. The van der Waals surface area contributed by atoms with Crippen LogP contribution in [-0.2, 0) is 13.1 Å². The standard InChI is InChI=1S/C16H14BrNO/c1-11-14(7-4-8-15(11)17)16(19)18-9-12-5-2-3-6-13(12)10-18/h2-8H,9-10H2,1H3. The molecule has 0 atom stereocenters. The van der Waals surface area contributed by atoms with Crippen molar-refractivity contribution in [2.75, 3.05) is 0 Å². The molecule has 0 fully saturated rings. The molecule has 3 rings (SSSR count). The van der Waals surface area contributed by atoms with Gasteiger partial charge in [0.2, 0.25) is 0 Å². The van der Waals surface area contributed by atoms with Crippen LogP contribution in [0, 0.1) is 6.92 Å². The van der Waals surface area contributed by atoms with Crippen LogP contribution in [0.25, 0.3) is 0 Å². The molecule has 2 aromatic carbocycles. The van der Waals surface area contributed by atoms with E-state index in [0.717, 1.165) is 15.6 Å². The van der Waals surface area contributed by atoms with Gasteiger partial charge in [0, 0.05) is 23.1 Å². The molecule has 96 valence electrons. The molecular weight excluding hydrogens is 302 g/mol. The quantitative estimate of drug-likeness (QED) is 0.781. The van der Waals surface area contributed by atoms with Gasteiger partial charge in [0.25, 0.3) is 5.91 Å². The molecule has 0 N–H and O–H groups in total. The van der Waals surface area contributed by atoms with E-state index in [1.165, 1.54) is 11.1 Å². The molecule has 0 bridgehead atoms. The summed E-state index contributed by atoms with van der Waals surface area (Å²) in [6.07, 6.45) is 0. The van der Waals surface area contributed by atoms with Gasteiger partial charge in [-0.1, -0.05) is 46.3 Å². The number of carbonyl (C=O) groups excluding carboxylic acids is 1. The Kier molecular flexibility index (Phi) is 3.15. The van der Waals surface area contributed by atoms with Crippen LogP contribution in [0.15, 0.2) is 46.9 Å². The summed E-state index contributed by atoms with van der Waals surface area (Å²) in [7, 11) is 0. The highest BCUT2D eigenvalue weighted by Gasteiger charge is 2.24. The molecule has 0 unspecified atom stereocenters. The predicted molar refractivity (Wildman–Crippen MR) is 78.9 cm³/mol. The van der Waals surface area contributed by atoms with E-state index in [-0.39, 0.29) is 5.91 Å². The van der Waals surface area contributed by atoms with E-state index in [0.29, 0.717) is 13.1 Å². The third-order valence-corrected chi connectivity index (χ3v) is 4.49. The van der Waals surface area contributed by atoms with Gasteiger partial charge in [-0.05, 0) is 35.7 Å². The third-order valence-electron chi connectivity index (χ3n) is 3.63. The van der Waals surface area contributed by atoms with Crippen LogP contribution in [0.5, 0.6) is 0 Å². The van der Waals surface area contributed by atoms with Crippen molar-refractivity contribution in [2.45, 2.75) is 20.0 Å². The predicted octanol–water partition coefficient (Wildman–Crippen LogP) is 3.91. The molecule has 19 heavy (non-hydrogen) atoms. The maximum absolute atomic E-state index is 12.6. The van der Waals surface area contributed by atoms with Crippen LogP contribution in [0.1, 0.15) is 27.0 Å². The topological polar surface area (TPSA) is 20.3 Å². The van der Waals surface area contributed by atoms with Crippen molar-refractivity contribution in [2.24, 2.45) is 0 Å². The summed E-state index contributed by atoms with van der Waals surface area (Å²) in [5.74, 6) is 0.106. The fourth-order valence-corrected chi connectivity index (χ4v) is 2.85. The first-order valence-electron chi connectivity index (χ1n) is 6.28. The molecule has 1 aliphatic heterocycles. The number of fused-ring (bicyclic) bond motifs is 1. The molecule has 0 spiro atoms. The van der Waals surface area contributed by atoms with Crippen molar-refractivity contribution in [3.05, 3.63) is 69.2 Å². The fraction of sp³-hybridized carbons (Fsp3) is 0.188. The highest BCUT2D eigenvalue weighted by atomic mass is 79.9. The zero-order valence-corrected chi connectivity index (χ0v) is 12.3. The molecule has 3 heteroatoms. The van der Waals surface area contributed by atoms with Crippen molar-refractivity contribution in [1.82, 2.24) is 4.90 Å². The second-order valence-corrected chi connectivity index (χ2v) is 5.70. The van der Waals surface area contributed by atoms with Gasteiger partial charge in [-0.15, -0.1) is 0 Å². The lowest BCUT2D eigenvalue weighted by Gasteiger charge is -2.17. The number of nitrogens with zero attached hydrogens (tertiary/aromatic N) is 1. The van der Waals surface area contributed by atoms with Crippen LogP contribution < -0.4 is 0 Å². The molecule has 1 aliphatic rings. The summed E-state index contributed by atoms with van der Waals surface area (Å²) in [6, 6.07) is 14.0. The number of hydrogen-bond donors (Lipinski definition) is 0. The number of carbonyl (C=O) groups is 1. The van der Waals surface area contributed by atoms with Gasteiger partial charge in [-0.25, -0.2) is 0 Å². The Bertz CT molecular complexity index is 626. The molecule has 0 aliphatic carbocycles. The molecular formula is C16H14BrNO. The summed E-state index contributed by atoms with van der Waals surface area (Å²) in [5, 5.41) is 0. The van der Waals surface area contributed by atoms with E-state index >= 15 is 0 Å². The van der Waals surface area contributed by atoms with E-state index in [4.69, 9.17) is 0 Å². The molecule has 1 amide bonds. The third kappa shape index (κ3) is 2.19. The monoisotopic (exact) mass is 315 g/mol. The Morgan fingerprint density at radius 2 is 1.68 bits per heavy atom. The van der Waals surface area contributed by atoms with Crippen LogP contribution >= 0.6 is 15.9 Å². The Morgan fingerprint density at radius 3 is 2.32 bits per heavy atom. The summed E-state index contributed by atoms with van der Waals surface area (Å²) < 4.78 is 0.982. The normalized spacial score (nSPS) is 13.5. The van der Waals surface area contributed by atoms with Gasteiger partial charge < -0.3 is 4.90 Å². The Hall–Kier alpha value is -1.61. The zero-order chi connectivity index (χ0) is 13.4. The maximum atomic E-state index is 12.6. The van der Waals surface area contributed by atoms with Crippen molar-refractivity contribution >= 4 is 21.8 Å². The average molecular weight is 316 g/mol. The lowest BCUT2D eigenvalue weighted by Crippen LogP contribution is -2.26. The number of hydrogen-bond acceptors (Lipinski definition) is 1. The van der Waals surface area contributed by atoms with Crippen molar-refractivity contribution in [3.8, 4) is 0 Å². The number of benzene rings is 2. The van der Waals surface area contributed by atoms with E-state index in [2.05, 4.69) is 28.1 Å². The fourth-order valence-electron chi connectivity index (χ4n) is 2.49. The number of amides is 1. The van der Waals surface area contributed by atoms with E-state index in [9.17, 15) is 4.79 Å². The first-order chi connectivity index (χ1) is 9.16. The zero-order valence-electron chi connectivity index (χ0n) is 10.7. The minimum absolute atomic E-state index is 0.106. The number of rotatable bonds is 1. The summed E-state index contributed by atoms with van der Waals surface area (Å²) in [4.78, 5) is 14.5. The Labute approximate surface area is 121 Å². The largest absolute Gasteiger partial charge is 0.330 e. The molecule has 1 heterocycles. The molecule has 0 radical (unpaired) electrons. The van der Waals surface area contributed by atoms with E-state index in [1.54, 1.807) is 0 Å². The van der Waals surface area contributed by atoms with Crippen LogP contribution in [0.4, 0.5) is 0 Å². The highest BCUT2D eigenvalue weighted by Crippen LogP contribution is 2.26. The van der Waals surface area contributed by atoms with Crippen LogP contribution in [0.3, 0.4) is 0 Å².